The third-order valence-electron chi connectivity index (χ3n) is 4.72. The van der Waals surface area contributed by atoms with Crippen LogP contribution in [-0.2, 0) is 29.0 Å². The third kappa shape index (κ3) is 4.31. The largest absolute Gasteiger partial charge is 0.497 e. The number of hydrogen-bond acceptors (Lipinski definition) is 6. The first-order chi connectivity index (χ1) is 13.0. The molecular formula is C20H24N2O5. The van der Waals surface area contributed by atoms with Crippen molar-refractivity contribution in [2.75, 3.05) is 27.3 Å². The van der Waals surface area contributed by atoms with E-state index in [0.29, 0.717) is 17.9 Å². The maximum Gasteiger partial charge on any atom is 0.325 e. The lowest BCUT2D eigenvalue weighted by molar-refractivity contribution is -0.139. The highest BCUT2D eigenvalue weighted by Gasteiger charge is 2.28. The Balaban J connectivity index is 1.72. The summed E-state index contributed by atoms with van der Waals surface area (Å²) in [6, 6.07) is 7.97. The molecule has 0 unspecified atom stereocenters. The highest BCUT2D eigenvalue weighted by atomic mass is 16.5. The summed E-state index contributed by atoms with van der Waals surface area (Å²) in [4.78, 5) is 26.1. The molecule has 7 heteroatoms. The van der Waals surface area contributed by atoms with E-state index in [0.717, 1.165) is 36.6 Å². The second-order valence-electron chi connectivity index (χ2n) is 6.50. The van der Waals surface area contributed by atoms with Crippen LogP contribution in [0.5, 0.6) is 5.75 Å². The first kappa shape index (κ1) is 19.0. The van der Waals surface area contributed by atoms with Crippen LogP contribution in [0.2, 0.25) is 0 Å². The van der Waals surface area contributed by atoms with Crippen molar-refractivity contribution in [3.05, 3.63) is 52.5 Å². The van der Waals surface area contributed by atoms with E-state index < -0.39 is 5.97 Å². The average molecular weight is 372 g/mol. The molecule has 1 aromatic heterocycles. The minimum Gasteiger partial charge on any atom is -0.497 e. The van der Waals surface area contributed by atoms with Gasteiger partial charge in [-0.3, -0.25) is 14.5 Å². The summed E-state index contributed by atoms with van der Waals surface area (Å²) in [5.41, 5.74) is 2.60. The number of esters is 1. The van der Waals surface area contributed by atoms with E-state index in [9.17, 15) is 9.59 Å². The maximum atomic E-state index is 12.5. The van der Waals surface area contributed by atoms with Gasteiger partial charge in [0.25, 0.3) is 5.91 Å². The van der Waals surface area contributed by atoms with Crippen molar-refractivity contribution in [2.45, 2.75) is 26.4 Å². The number of hydrogen-bond donors (Lipinski definition) is 1. The molecule has 0 radical (unpaired) electrons. The van der Waals surface area contributed by atoms with E-state index in [-0.39, 0.29) is 12.5 Å². The molecule has 27 heavy (non-hydrogen) atoms. The van der Waals surface area contributed by atoms with Crippen molar-refractivity contribution < 1.29 is 23.5 Å². The van der Waals surface area contributed by atoms with E-state index in [1.807, 2.05) is 24.3 Å². The van der Waals surface area contributed by atoms with Gasteiger partial charge in [0.2, 0.25) is 0 Å². The number of nitrogens with zero attached hydrogens (tertiary/aromatic N) is 1. The third-order valence-corrected chi connectivity index (χ3v) is 4.72. The van der Waals surface area contributed by atoms with Crippen LogP contribution in [0.3, 0.4) is 0 Å². The topological polar surface area (TPSA) is 81.0 Å². The van der Waals surface area contributed by atoms with Gasteiger partial charge in [0.15, 0.2) is 0 Å². The molecule has 0 atom stereocenters. The lowest BCUT2D eigenvalue weighted by Crippen LogP contribution is -2.33. The zero-order valence-corrected chi connectivity index (χ0v) is 15.8. The van der Waals surface area contributed by atoms with Crippen LogP contribution in [0.4, 0.5) is 0 Å². The fourth-order valence-electron chi connectivity index (χ4n) is 3.31. The maximum absolute atomic E-state index is 12.5. The van der Waals surface area contributed by atoms with E-state index in [4.69, 9.17) is 9.15 Å². The summed E-state index contributed by atoms with van der Waals surface area (Å²) in [7, 11) is 2.94. The number of fused-ring (bicyclic) bond motifs is 1. The first-order valence-corrected chi connectivity index (χ1v) is 8.83. The highest BCUT2D eigenvalue weighted by Crippen LogP contribution is 2.29. The lowest BCUT2D eigenvalue weighted by atomic mass is 10.0. The molecule has 2 aromatic rings. The molecule has 1 amide bonds. The number of ether oxygens (including phenoxy) is 2. The Labute approximate surface area is 158 Å². The SMILES string of the molecule is COC(=O)CNC(=O)c1c(C)oc2c1CN(Cc1ccc(OC)cc1)CC2. The van der Waals surface area contributed by atoms with E-state index in [2.05, 4.69) is 15.0 Å². The van der Waals surface area contributed by atoms with E-state index in [1.165, 1.54) is 12.7 Å². The number of aryl methyl sites for hydroxylation is 1. The summed E-state index contributed by atoms with van der Waals surface area (Å²) >= 11 is 0. The average Bonchev–Trinajstić information content (AvgIpc) is 3.01. The second kappa shape index (κ2) is 8.26. The van der Waals surface area contributed by atoms with Gasteiger partial charge in [-0.15, -0.1) is 0 Å². The van der Waals surface area contributed by atoms with Gasteiger partial charge in [0, 0.05) is 31.6 Å². The Morgan fingerprint density at radius 3 is 2.63 bits per heavy atom. The molecule has 0 bridgehead atoms. The van der Waals surface area contributed by atoms with Crippen molar-refractivity contribution in [3.63, 3.8) is 0 Å². The van der Waals surface area contributed by atoms with Crippen molar-refractivity contribution in [1.82, 2.24) is 10.2 Å². The van der Waals surface area contributed by atoms with Crippen molar-refractivity contribution in [2.24, 2.45) is 0 Å². The van der Waals surface area contributed by atoms with Crippen molar-refractivity contribution in [3.8, 4) is 5.75 Å². The molecule has 144 valence electrons. The molecule has 2 heterocycles. The number of methoxy groups -OCH3 is 2. The fourth-order valence-corrected chi connectivity index (χ4v) is 3.31. The van der Waals surface area contributed by atoms with Crippen LogP contribution in [0.15, 0.2) is 28.7 Å². The molecule has 0 fully saturated rings. The van der Waals surface area contributed by atoms with Gasteiger partial charge in [-0.25, -0.2) is 0 Å². The number of carbonyl (C=O) groups excluding carboxylic acids is 2. The number of rotatable bonds is 6. The zero-order valence-electron chi connectivity index (χ0n) is 15.8. The molecule has 0 spiro atoms. The van der Waals surface area contributed by atoms with Gasteiger partial charge in [-0.1, -0.05) is 12.1 Å². The summed E-state index contributed by atoms with van der Waals surface area (Å²) in [6.07, 6.45) is 0.747. The van der Waals surface area contributed by atoms with Gasteiger partial charge >= 0.3 is 5.97 Å². The Bertz CT molecular complexity index is 826. The first-order valence-electron chi connectivity index (χ1n) is 8.83. The minimum absolute atomic E-state index is 0.162. The Hall–Kier alpha value is -2.80. The summed E-state index contributed by atoms with van der Waals surface area (Å²) in [5.74, 6) is 1.46. The summed E-state index contributed by atoms with van der Waals surface area (Å²) < 4.78 is 15.6. The number of amides is 1. The number of furan rings is 1. The molecule has 1 aliphatic rings. The van der Waals surface area contributed by atoms with Gasteiger partial charge in [0.05, 0.1) is 19.8 Å². The molecule has 1 aromatic carbocycles. The number of nitrogens with one attached hydrogen (secondary N) is 1. The molecule has 3 rings (SSSR count). The molecule has 0 saturated heterocycles. The Morgan fingerprint density at radius 1 is 1.22 bits per heavy atom. The Morgan fingerprint density at radius 2 is 1.96 bits per heavy atom. The molecular weight excluding hydrogens is 348 g/mol. The van der Waals surface area contributed by atoms with Crippen molar-refractivity contribution >= 4 is 11.9 Å². The standard InChI is InChI=1S/C20H24N2O5/c1-13-19(20(24)21-10-18(23)26-3)16-12-22(9-8-17(16)27-13)11-14-4-6-15(25-2)7-5-14/h4-7H,8-12H2,1-3H3,(H,21,24). The molecule has 0 saturated carbocycles. The monoisotopic (exact) mass is 372 g/mol. The van der Waals surface area contributed by atoms with E-state index >= 15 is 0 Å². The minimum atomic E-state index is -0.487. The normalized spacial score (nSPS) is 13.7. The highest BCUT2D eigenvalue weighted by molar-refractivity contribution is 5.98. The van der Waals surface area contributed by atoms with Crippen molar-refractivity contribution in [1.29, 1.82) is 0 Å². The summed E-state index contributed by atoms with van der Waals surface area (Å²) in [6.45, 7) is 3.87. The summed E-state index contributed by atoms with van der Waals surface area (Å²) in [5, 5.41) is 2.60. The van der Waals surface area contributed by atoms with Gasteiger partial charge in [0.1, 0.15) is 23.8 Å². The van der Waals surface area contributed by atoms with Crippen LogP contribution in [0, 0.1) is 6.92 Å². The van der Waals surface area contributed by atoms with Crippen LogP contribution in [0.25, 0.3) is 0 Å². The second-order valence-corrected chi connectivity index (χ2v) is 6.50. The van der Waals surface area contributed by atoms with Crippen LogP contribution < -0.4 is 10.1 Å². The predicted molar refractivity (Wildman–Crippen MR) is 98.6 cm³/mol. The van der Waals surface area contributed by atoms with E-state index in [1.54, 1.807) is 14.0 Å². The van der Waals surface area contributed by atoms with Gasteiger partial charge in [-0.05, 0) is 24.6 Å². The zero-order chi connectivity index (χ0) is 19.4. The van der Waals surface area contributed by atoms with Gasteiger partial charge < -0.3 is 19.2 Å². The molecule has 7 nitrogen and oxygen atoms in total. The van der Waals surface area contributed by atoms with Crippen LogP contribution in [0.1, 0.15) is 33.0 Å². The predicted octanol–water partition coefficient (Wildman–Crippen LogP) is 2.06. The van der Waals surface area contributed by atoms with Gasteiger partial charge in [-0.2, -0.15) is 0 Å². The number of carbonyl (C=O) groups is 2. The lowest BCUT2D eigenvalue weighted by Gasteiger charge is -2.26. The molecule has 1 N–H and O–H groups in total. The quantitative estimate of drug-likeness (QED) is 0.782. The molecule has 0 aliphatic carbocycles. The van der Waals surface area contributed by atoms with Crippen LogP contribution >= 0.6 is 0 Å². The number of benzene rings is 1. The smallest absolute Gasteiger partial charge is 0.325 e. The Kier molecular flexibility index (Phi) is 5.81. The fraction of sp³-hybridized carbons (Fsp3) is 0.400. The van der Waals surface area contributed by atoms with Crippen LogP contribution in [-0.4, -0.2) is 44.1 Å². The molecule has 1 aliphatic heterocycles.